The fourth-order valence-corrected chi connectivity index (χ4v) is 1.90. The maximum absolute atomic E-state index is 9.72. The van der Waals surface area contributed by atoms with E-state index in [0.717, 1.165) is 21.2 Å². The molecule has 11 heteroatoms. The molecule has 0 aliphatic heterocycles. The number of hydrogen-bond donors (Lipinski definition) is 5. The van der Waals surface area contributed by atoms with Crippen molar-refractivity contribution in [3.63, 3.8) is 0 Å². The van der Waals surface area contributed by atoms with Crippen LogP contribution >= 0.6 is 24.4 Å². The molecule has 0 saturated heterocycles. The number of aliphatic hydroxyl groups excluding tert-OH is 1. The summed E-state index contributed by atoms with van der Waals surface area (Å²) in [6, 6.07) is 7.47. The van der Waals surface area contributed by atoms with E-state index in [0.29, 0.717) is 25.9 Å². The number of carboxylic acids is 2. The lowest BCUT2D eigenvalue weighted by atomic mass is 10.2. The van der Waals surface area contributed by atoms with Gasteiger partial charge in [-0.3, -0.25) is 4.79 Å². The van der Waals surface area contributed by atoms with Crippen LogP contribution in [0.25, 0.3) is 0 Å². The van der Waals surface area contributed by atoms with E-state index in [1.54, 1.807) is 12.5 Å². The van der Waals surface area contributed by atoms with Crippen LogP contribution in [-0.4, -0.2) is 56.2 Å². The largest absolute Gasteiger partial charge is 0.481 e. The Morgan fingerprint density at radius 2 is 1.34 bits per heavy atom. The summed E-state index contributed by atoms with van der Waals surface area (Å²) in [6.45, 7) is 0.909. The van der Waals surface area contributed by atoms with Crippen molar-refractivity contribution in [2.75, 3.05) is 13.1 Å². The lowest BCUT2D eigenvalue weighted by molar-refractivity contribution is -0.152. The Morgan fingerprint density at radius 3 is 1.55 bits per heavy atom. The molecule has 1 atom stereocenters. The van der Waals surface area contributed by atoms with Crippen molar-refractivity contribution in [1.82, 2.24) is 0 Å². The first-order valence-electron chi connectivity index (χ1n) is 8.30. The topological polar surface area (TPSA) is 173 Å². The Balaban J connectivity index is 0.000000407. The summed E-state index contributed by atoms with van der Waals surface area (Å²) in [6.07, 6.45) is 2.08. The van der Waals surface area contributed by atoms with Crippen LogP contribution in [0.2, 0.25) is 0 Å². The highest BCUT2D eigenvalue weighted by Crippen LogP contribution is 2.02. The summed E-state index contributed by atoms with van der Waals surface area (Å²) in [5.41, 5.74) is 10.6. The van der Waals surface area contributed by atoms with E-state index in [1.807, 2.05) is 24.3 Å². The molecule has 2 aromatic rings. The molecule has 9 nitrogen and oxygen atoms in total. The summed E-state index contributed by atoms with van der Waals surface area (Å²) < 4.78 is 10.1. The third-order valence-electron chi connectivity index (χ3n) is 3.01. The van der Waals surface area contributed by atoms with Gasteiger partial charge in [0, 0.05) is 35.7 Å². The number of rotatable bonds is 9. The molecule has 1 unspecified atom stereocenters. The molecule has 7 N–H and O–H groups in total. The Hall–Kier alpha value is -2.44. The zero-order valence-electron chi connectivity index (χ0n) is 15.5. The van der Waals surface area contributed by atoms with Gasteiger partial charge in [-0.1, -0.05) is 24.4 Å². The zero-order valence-corrected chi connectivity index (χ0v) is 17.2. The number of thiocarbonyl (C=S) groups is 2. The molecular weight excluding hydrogens is 420 g/mol. The fraction of sp³-hybridized carbons (Fsp3) is 0.333. The second-order valence-electron chi connectivity index (χ2n) is 5.45. The number of hydrogen-bond acceptors (Lipinski definition) is 9. The highest BCUT2D eigenvalue weighted by atomic mass is 32.1. The second kappa shape index (κ2) is 15.5. The standard InChI is InChI=1S/2C7H9NOS.C4H6O5/c2*8-5-7(10)4-6-2-1-3-9-6;5-2(4(8)9)1-3(6)7/h2*1-3H,4-5,8H2;2,5H,1H2,(H,6,7)(H,8,9). The smallest absolute Gasteiger partial charge is 0.333 e. The molecule has 2 rings (SSSR count). The van der Waals surface area contributed by atoms with Crippen LogP contribution in [0.3, 0.4) is 0 Å². The minimum absolute atomic E-state index is 0.454. The van der Waals surface area contributed by atoms with Gasteiger partial charge >= 0.3 is 11.9 Å². The Labute approximate surface area is 178 Å². The van der Waals surface area contributed by atoms with E-state index in [2.05, 4.69) is 0 Å². The molecule has 0 amide bonds. The first-order valence-corrected chi connectivity index (χ1v) is 9.12. The molecule has 0 aromatic carbocycles. The van der Waals surface area contributed by atoms with E-state index >= 15 is 0 Å². The van der Waals surface area contributed by atoms with Gasteiger partial charge in [-0.05, 0) is 24.3 Å². The minimum atomic E-state index is -1.79. The maximum atomic E-state index is 9.72. The predicted octanol–water partition coefficient (Wildman–Crippen LogP) is 1.21. The third-order valence-corrected chi connectivity index (χ3v) is 3.63. The highest BCUT2D eigenvalue weighted by molar-refractivity contribution is 7.80. The fourth-order valence-electron chi connectivity index (χ4n) is 1.61. The number of nitrogens with two attached hydrogens (primary N) is 2. The van der Waals surface area contributed by atoms with Gasteiger partial charge in [0.25, 0.3) is 0 Å². The summed E-state index contributed by atoms with van der Waals surface area (Å²) >= 11 is 9.84. The normalized spacial score (nSPS) is 10.6. The van der Waals surface area contributed by atoms with Crippen LogP contribution in [0.1, 0.15) is 17.9 Å². The average molecular weight is 445 g/mol. The molecule has 0 aliphatic rings. The first kappa shape index (κ1) is 26.6. The molecule has 0 radical (unpaired) electrons. The number of carbonyl (C=O) groups is 2. The van der Waals surface area contributed by atoms with Crippen molar-refractivity contribution < 1.29 is 33.7 Å². The van der Waals surface area contributed by atoms with Gasteiger partial charge in [0.1, 0.15) is 11.5 Å². The maximum Gasteiger partial charge on any atom is 0.333 e. The van der Waals surface area contributed by atoms with Crippen LogP contribution in [0, 0.1) is 0 Å². The monoisotopic (exact) mass is 444 g/mol. The number of furan rings is 2. The molecular formula is C18H24N2O7S2. The second-order valence-corrected chi connectivity index (χ2v) is 6.60. The van der Waals surface area contributed by atoms with Crippen molar-refractivity contribution >= 4 is 46.1 Å². The van der Waals surface area contributed by atoms with Gasteiger partial charge in [0.05, 0.1) is 18.9 Å². The molecule has 0 fully saturated rings. The summed E-state index contributed by atoms with van der Waals surface area (Å²) in [7, 11) is 0. The quantitative estimate of drug-likeness (QED) is 0.352. The number of aliphatic carboxylic acids is 2. The Morgan fingerprint density at radius 1 is 0.931 bits per heavy atom. The van der Waals surface area contributed by atoms with E-state index < -0.39 is 24.5 Å². The third kappa shape index (κ3) is 14.2. The Bertz CT molecular complexity index is 698. The van der Waals surface area contributed by atoms with Crippen molar-refractivity contribution in [1.29, 1.82) is 0 Å². The summed E-state index contributed by atoms with van der Waals surface area (Å²) in [5.74, 6) is -1.08. The molecule has 0 saturated carbocycles. The Kier molecular flexibility index (Phi) is 14.2. The lowest BCUT2D eigenvalue weighted by Gasteiger charge is -1.97. The molecule has 0 aliphatic carbocycles. The van der Waals surface area contributed by atoms with E-state index in [1.165, 1.54) is 0 Å². The SMILES string of the molecule is NCC(=S)Cc1ccco1.NCC(=S)Cc1ccco1.O=C(O)CC(O)C(=O)O. The molecule has 0 spiro atoms. The van der Waals surface area contributed by atoms with Crippen LogP contribution in [0.15, 0.2) is 45.6 Å². The van der Waals surface area contributed by atoms with E-state index in [9.17, 15) is 9.59 Å². The highest BCUT2D eigenvalue weighted by Gasteiger charge is 2.16. The predicted molar refractivity (Wildman–Crippen MR) is 114 cm³/mol. The molecule has 160 valence electrons. The molecule has 29 heavy (non-hydrogen) atoms. The van der Waals surface area contributed by atoms with E-state index in [4.69, 9.17) is 60.1 Å². The zero-order chi connectivity index (χ0) is 22.2. The van der Waals surface area contributed by atoms with Gasteiger partial charge in [0.2, 0.25) is 0 Å². The number of carboxylic acid groups (broad SMARTS) is 2. The molecule has 0 bridgehead atoms. The lowest BCUT2D eigenvalue weighted by Crippen LogP contribution is -2.22. The first-order chi connectivity index (χ1) is 13.7. The van der Waals surface area contributed by atoms with Gasteiger partial charge < -0.3 is 35.6 Å². The van der Waals surface area contributed by atoms with Crippen molar-refractivity contribution in [3.8, 4) is 0 Å². The van der Waals surface area contributed by atoms with Gasteiger partial charge in [0.15, 0.2) is 6.10 Å². The van der Waals surface area contributed by atoms with Crippen molar-refractivity contribution in [2.24, 2.45) is 11.5 Å². The van der Waals surface area contributed by atoms with Crippen LogP contribution in [-0.2, 0) is 22.4 Å². The van der Waals surface area contributed by atoms with Gasteiger partial charge in [-0.25, -0.2) is 4.79 Å². The van der Waals surface area contributed by atoms with Crippen molar-refractivity contribution in [2.45, 2.75) is 25.4 Å². The van der Waals surface area contributed by atoms with Gasteiger partial charge in [-0.2, -0.15) is 0 Å². The van der Waals surface area contributed by atoms with Crippen LogP contribution in [0.5, 0.6) is 0 Å². The molecule has 2 heterocycles. The van der Waals surface area contributed by atoms with Crippen molar-refractivity contribution in [3.05, 3.63) is 48.3 Å². The number of aliphatic hydroxyl groups is 1. The summed E-state index contributed by atoms with van der Waals surface area (Å²) in [5, 5.41) is 24.1. The van der Waals surface area contributed by atoms with Crippen LogP contribution in [0.4, 0.5) is 0 Å². The molecule has 2 aromatic heterocycles. The van der Waals surface area contributed by atoms with E-state index in [-0.39, 0.29) is 0 Å². The van der Waals surface area contributed by atoms with Crippen LogP contribution < -0.4 is 11.5 Å². The minimum Gasteiger partial charge on any atom is -0.481 e. The van der Waals surface area contributed by atoms with Gasteiger partial charge in [-0.15, -0.1) is 0 Å². The average Bonchev–Trinajstić information content (AvgIpc) is 3.36. The summed E-state index contributed by atoms with van der Waals surface area (Å²) in [4.78, 5) is 21.1.